The lowest BCUT2D eigenvalue weighted by atomic mass is 10.1. The van der Waals surface area contributed by atoms with E-state index < -0.39 is 24.0 Å². The van der Waals surface area contributed by atoms with E-state index in [0.717, 1.165) is 0 Å². The molecule has 0 radical (unpaired) electrons. The molecule has 0 atom stereocenters. The molecule has 0 bridgehead atoms. The molecule has 0 heterocycles. The summed E-state index contributed by atoms with van der Waals surface area (Å²) in [5.41, 5.74) is -1.59. The maximum atomic E-state index is 12.9. The van der Waals surface area contributed by atoms with Crippen LogP contribution in [0.25, 0.3) is 0 Å². The predicted molar refractivity (Wildman–Crippen MR) is 58.7 cm³/mol. The van der Waals surface area contributed by atoms with Gasteiger partial charge in [0.25, 0.3) is 12.9 Å². The monoisotopic (exact) mass is 266 g/mol. The Kier molecular flexibility index (Phi) is 5.25. The Hall–Kier alpha value is -1.46. The van der Waals surface area contributed by atoms with E-state index in [1.165, 1.54) is 12.1 Å². The molecule has 1 aromatic carbocycles. The van der Waals surface area contributed by atoms with Gasteiger partial charge in [0, 0.05) is 0 Å². The molecule has 18 heavy (non-hydrogen) atoms. The van der Waals surface area contributed by atoms with E-state index >= 15 is 0 Å². The smallest absolute Gasteiger partial charge is 0.268 e. The summed E-state index contributed by atoms with van der Waals surface area (Å²) in [6.45, 7) is 3.42. The Bertz CT molecular complexity index is 357. The highest BCUT2D eigenvalue weighted by Crippen LogP contribution is 2.42. The van der Waals surface area contributed by atoms with Gasteiger partial charge in [-0.3, -0.25) is 0 Å². The summed E-state index contributed by atoms with van der Waals surface area (Å²) in [7, 11) is 0. The molecule has 6 heteroatoms. The molecule has 0 fully saturated rings. The Morgan fingerprint density at radius 1 is 0.833 bits per heavy atom. The lowest BCUT2D eigenvalue weighted by Crippen LogP contribution is -2.05. The number of rotatable bonds is 6. The summed E-state index contributed by atoms with van der Waals surface area (Å²) in [6, 6.07) is 2.45. The van der Waals surface area contributed by atoms with Crippen LogP contribution < -0.4 is 9.47 Å². The first-order chi connectivity index (χ1) is 8.52. The molecule has 0 aliphatic carbocycles. The van der Waals surface area contributed by atoms with Gasteiger partial charge >= 0.3 is 0 Å². The summed E-state index contributed by atoms with van der Waals surface area (Å²) in [5.74, 6) is -0.461. The second-order valence-corrected chi connectivity index (χ2v) is 3.36. The van der Waals surface area contributed by atoms with Gasteiger partial charge in [-0.25, -0.2) is 17.6 Å². The van der Waals surface area contributed by atoms with Crippen molar-refractivity contribution in [2.24, 2.45) is 0 Å². The Balaban J connectivity index is 3.39. The maximum Gasteiger partial charge on any atom is 0.268 e. The minimum atomic E-state index is -3.05. The highest BCUT2D eigenvalue weighted by Gasteiger charge is 2.28. The van der Waals surface area contributed by atoms with Crippen molar-refractivity contribution in [2.75, 3.05) is 13.2 Å². The Labute approximate surface area is 103 Å². The van der Waals surface area contributed by atoms with E-state index in [1.54, 1.807) is 13.8 Å². The molecule has 1 aromatic rings. The highest BCUT2D eigenvalue weighted by molar-refractivity contribution is 5.50. The molecule has 2 nitrogen and oxygen atoms in total. The van der Waals surface area contributed by atoms with Crippen LogP contribution >= 0.6 is 0 Å². The number of ether oxygens (including phenoxy) is 2. The van der Waals surface area contributed by atoms with Crippen LogP contribution in [0.5, 0.6) is 11.5 Å². The molecule has 0 aromatic heterocycles. The second-order valence-electron chi connectivity index (χ2n) is 3.36. The third kappa shape index (κ3) is 3.05. The third-order valence-corrected chi connectivity index (χ3v) is 2.24. The van der Waals surface area contributed by atoms with E-state index in [4.69, 9.17) is 9.47 Å². The summed E-state index contributed by atoms with van der Waals surface area (Å²) < 4.78 is 61.6. The van der Waals surface area contributed by atoms with E-state index in [9.17, 15) is 17.6 Å². The van der Waals surface area contributed by atoms with E-state index in [2.05, 4.69) is 0 Å². The van der Waals surface area contributed by atoms with Crippen molar-refractivity contribution in [3.05, 3.63) is 23.3 Å². The third-order valence-electron chi connectivity index (χ3n) is 2.24. The lowest BCUT2D eigenvalue weighted by Gasteiger charge is -2.17. The molecular formula is C12H14F4O2. The van der Waals surface area contributed by atoms with Crippen molar-refractivity contribution in [1.82, 2.24) is 0 Å². The van der Waals surface area contributed by atoms with Crippen molar-refractivity contribution >= 4 is 0 Å². The zero-order chi connectivity index (χ0) is 13.7. The normalized spacial score (nSPS) is 11.1. The predicted octanol–water partition coefficient (Wildman–Crippen LogP) is 4.36. The number of benzene rings is 1. The van der Waals surface area contributed by atoms with Gasteiger partial charge in [-0.05, 0) is 26.0 Å². The van der Waals surface area contributed by atoms with E-state index in [1.807, 2.05) is 0 Å². The topological polar surface area (TPSA) is 18.5 Å². The van der Waals surface area contributed by atoms with Crippen molar-refractivity contribution in [3.8, 4) is 11.5 Å². The summed E-state index contributed by atoms with van der Waals surface area (Å²) in [5, 5.41) is 0. The Morgan fingerprint density at radius 3 is 1.39 bits per heavy atom. The molecule has 0 aliphatic rings. The fourth-order valence-electron chi connectivity index (χ4n) is 1.61. The molecule has 0 saturated carbocycles. The van der Waals surface area contributed by atoms with Gasteiger partial charge in [0.05, 0.1) is 24.3 Å². The first-order valence-electron chi connectivity index (χ1n) is 5.51. The van der Waals surface area contributed by atoms with Gasteiger partial charge in [0.1, 0.15) is 11.5 Å². The Morgan fingerprint density at radius 2 is 1.17 bits per heavy atom. The molecule has 1 rings (SSSR count). The van der Waals surface area contributed by atoms with Crippen LogP contribution in [-0.4, -0.2) is 13.2 Å². The van der Waals surface area contributed by atoms with Crippen molar-refractivity contribution in [2.45, 2.75) is 26.7 Å². The van der Waals surface area contributed by atoms with Gasteiger partial charge in [-0.15, -0.1) is 0 Å². The average Bonchev–Trinajstić information content (AvgIpc) is 2.30. The molecule has 0 aliphatic heterocycles. The molecule has 0 unspecified atom stereocenters. The molecule has 0 spiro atoms. The quantitative estimate of drug-likeness (QED) is 0.712. The van der Waals surface area contributed by atoms with Crippen molar-refractivity contribution in [1.29, 1.82) is 0 Å². The lowest BCUT2D eigenvalue weighted by molar-refractivity contribution is 0.116. The van der Waals surface area contributed by atoms with Crippen LogP contribution in [0.3, 0.4) is 0 Å². The van der Waals surface area contributed by atoms with Crippen LogP contribution in [0.4, 0.5) is 17.6 Å². The summed E-state index contributed by atoms with van der Waals surface area (Å²) in [6.07, 6.45) is -6.09. The zero-order valence-electron chi connectivity index (χ0n) is 10.1. The van der Waals surface area contributed by atoms with E-state index in [-0.39, 0.29) is 24.7 Å². The van der Waals surface area contributed by atoms with Crippen LogP contribution in [0.2, 0.25) is 0 Å². The zero-order valence-corrected chi connectivity index (χ0v) is 10.1. The minimum Gasteiger partial charge on any atom is -0.493 e. The van der Waals surface area contributed by atoms with E-state index in [0.29, 0.717) is 0 Å². The summed E-state index contributed by atoms with van der Waals surface area (Å²) in [4.78, 5) is 0. The standard InChI is InChI=1S/C12H14F4O2/c1-3-17-7-5-6-8(18-4-2)10(12(15)16)9(7)11(13)14/h5-6,11-12H,3-4H2,1-2H3. The van der Waals surface area contributed by atoms with Gasteiger partial charge in [-0.1, -0.05) is 0 Å². The average molecular weight is 266 g/mol. The van der Waals surface area contributed by atoms with Gasteiger partial charge < -0.3 is 9.47 Å². The van der Waals surface area contributed by atoms with Gasteiger partial charge in [0.2, 0.25) is 0 Å². The highest BCUT2D eigenvalue weighted by atomic mass is 19.3. The molecular weight excluding hydrogens is 252 g/mol. The van der Waals surface area contributed by atoms with Gasteiger partial charge in [-0.2, -0.15) is 0 Å². The van der Waals surface area contributed by atoms with Gasteiger partial charge in [0.15, 0.2) is 0 Å². The fraction of sp³-hybridized carbons (Fsp3) is 0.500. The van der Waals surface area contributed by atoms with Crippen molar-refractivity contribution in [3.63, 3.8) is 0 Å². The first kappa shape index (κ1) is 14.6. The number of alkyl halides is 4. The molecule has 0 amide bonds. The number of halogens is 4. The molecule has 102 valence electrons. The molecule has 0 saturated heterocycles. The second kappa shape index (κ2) is 6.47. The van der Waals surface area contributed by atoms with Crippen LogP contribution in [0.15, 0.2) is 12.1 Å². The summed E-state index contributed by atoms with van der Waals surface area (Å²) >= 11 is 0. The fourth-order valence-corrected chi connectivity index (χ4v) is 1.61. The molecule has 0 N–H and O–H groups in total. The van der Waals surface area contributed by atoms with Crippen LogP contribution in [-0.2, 0) is 0 Å². The van der Waals surface area contributed by atoms with Crippen LogP contribution in [0, 0.1) is 0 Å². The SMILES string of the molecule is CCOc1ccc(OCC)c(C(F)F)c1C(F)F. The number of hydrogen-bond acceptors (Lipinski definition) is 2. The van der Waals surface area contributed by atoms with Crippen molar-refractivity contribution < 1.29 is 27.0 Å². The first-order valence-corrected chi connectivity index (χ1v) is 5.51. The number of hydrogen-bond donors (Lipinski definition) is 0. The largest absolute Gasteiger partial charge is 0.493 e. The maximum absolute atomic E-state index is 12.9. The minimum absolute atomic E-state index is 0.121. The van der Waals surface area contributed by atoms with Crippen LogP contribution in [0.1, 0.15) is 37.8 Å².